The first-order chi connectivity index (χ1) is 23.8. The Morgan fingerprint density at radius 3 is 2.18 bits per heavy atom. The molecule has 0 radical (unpaired) electrons. The summed E-state index contributed by atoms with van der Waals surface area (Å²) in [6.07, 6.45) is -1.76. The van der Waals surface area contributed by atoms with Crippen LogP contribution in [0.1, 0.15) is 30.7 Å². The van der Waals surface area contributed by atoms with E-state index in [1.165, 1.54) is 18.1 Å². The molecule has 2 aromatic carbocycles. The van der Waals surface area contributed by atoms with Crippen LogP contribution in [-0.4, -0.2) is 71.2 Å². The molecule has 8 atom stereocenters. The topological polar surface area (TPSA) is 246 Å². The fourth-order valence-corrected chi connectivity index (χ4v) is 9.44. The van der Waals surface area contributed by atoms with Crippen LogP contribution in [0.4, 0.5) is 5.82 Å². The van der Waals surface area contributed by atoms with Crippen molar-refractivity contribution in [2.75, 3.05) is 18.1 Å². The lowest BCUT2D eigenvalue weighted by molar-refractivity contribution is -0.149. The Morgan fingerprint density at radius 1 is 0.860 bits per heavy atom. The maximum Gasteiger partial charge on any atom is 0.490 e. The first kappa shape index (κ1) is 37.2. The zero-order valence-corrected chi connectivity index (χ0v) is 29.8. The fourth-order valence-electron chi connectivity index (χ4n) is 5.24. The first-order valence-corrected chi connectivity index (χ1v) is 20.7. The molecule has 0 spiro atoms. The number of benzene rings is 2. The highest BCUT2D eigenvalue weighted by Crippen LogP contribution is 2.68. The maximum atomic E-state index is 12.8. The van der Waals surface area contributed by atoms with Crippen molar-refractivity contribution in [1.82, 2.24) is 19.5 Å². The molecule has 2 aromatic heterocycles. The summed E-state index contributed by atoms with van der Waals surface area (Å²) >= 11 is 1.42. The number of phosphoric acid groups is 3. The van der Waals surface area contributed by atoms with Crippen LogP contribution in [0.5, 0.6) is 0 Å². The second-order valence-electron chi connectivity index (χ2n) is 11.1. The molecular weight excluding hydrogens is 739 g/mol. The molecule has 22 heteroatoms. The van der Waals surface area contributed by atoms with Crippen LogP contribution < -0.4 is 5.73 Å². The van der Waals surface area contributed by atoms with E-state index in [9.17, 15) is 28.4 Å². The number of nitrogens with zero attached hydrogens (tertiary/aromatic N) is 4. The highest BCUT2D eigenvalue weighted by atomic mass is 32.2. The van der Waals surface area contributed by atoms with E-state index >= 15 is 0 Å². The number of imidazole rings is 1. The quantitative estimate of drug-likeness (QED) is 0.0683. The minimum Gasteiger partial charge on any atom is -0.382 e. The number of nitrogens with two attached hydrogens (primary N) is 1. The normalized spacial score (nSPS) is 25.6. The van der Waals surface area contributed by atoms with Gasteiger partial charge in [-0.1, -0.05) is 79.3 Å². The van der Waals surface area contributed by atoms with Crippen molar-refractivity contribution >= 4 is 52.2 Å². The predicted octanol–water partition coefficient (Wildman–Crippen LogP) is 4.73. The molecule has 50 heavy (non-hydrogen) atoms. The van der Waals surface area contributed by atoms with Gasteiger partial charge in [0.25, 0.3) is 0 Å². The number of hydrogen-bond donors (Lipinski definition) is 4. The Balaban J connectivity index is 1.17. The molecule has 8 unspecified atom stereocenters. The summed E-state index contributed by atoms with van der Waals surface area (Å²) in [7, 11) is -16.4. The molecule has 0 amide bonds. The number of nitrogen functional groups attached to an aromatic ring is 1. The molecule has 2 aliphatic heterocycles. The summed E-state index contributed by atoms with van der Waals surface area (Å²) in [6, 6.07) is 17.5. The van der Waals surface area contributed by atoms with E-state index in [0.717, 1.165) is 17.7 Å². The number of thioether (sulfide) groups is 1. The van der Waals surface area contributed by atoms with E-state index in [2.05, 4.69) is 23.6 Å². The lowest BCUT2D eigenvalue weighted by Gasteiger charge is -2.22. The Labute approximate surface area is 290 Å². The molecule has 2 aliphatic rings. The zero-order chi connectivity index (χ0) is 35.5. The summed E-state index contributed by atoms with van der Waals surface area (Å²) in [6.45, 7) is 0.837. The number of phosphoric ester groups is 2. The van der Waals surface area contributed by atoms with Crippen molar-refractivity contribution in [2.45, 2.75) is 62.4 Å². The van der Waals surface area contributed by atoms with Gasteiger partial charge < -0.3 is 34.6 Å². The lowest BCUT2D eigenvalue weighted by Crippen LogP contribution is -2.31. The van der Waals surface area contributed by atoms with Gasteiger partial charge in [-0.3, -0.25) is 13.6 Å². The number of fused-ring (bicyclic) bond motifs is 2. The van der Waals surface area contributed by atoms with Gasteiger partial charge in [0.15, 0.2) is 29.1 Å². The van der Waals surface area contributed by atoms with E-state index in [-0.39, 0.29) is 5.82 Å². The Hall–Kier alpha value is -2.57. The standard InChI is InChI=1S/C28H34N5O13P3S/c1-2-13-50-28-31-25(29)22-26(32-28)33(17-30-22)27-24-23(43-21(44-24)14-18-9-5-3-6-10-18)20(42-27)16-41-48(36,37)46-49(38,39)45-47(34,35)40-15-19-11-7-4-8-12-19/h3-12,17,20-21,23-24,27H,2,13-16H2,1H3,(H,34,35)(H,36,37)(H,38,39)(H2,29,31,32). The molecule has 0 saturated carbocycles. The van der Waals surface area contributed by atoms with Gasteiger partial charge in [-0.15, -0.1) is 0 Å². The molecule has 2 saturated heterocycles. The van der Waals surface area contributed by atoms with Crippen LogP contribution in [0, 0.1) is 0 Å². The van der Waals surface area contributed by atoms with Crippen molar-refractivity contribution in [3.8, 4) is 0 Å². The van der Waals surface area contributed by atoms with Crippen LogP contribution in [0.2, 0.25) is 0 Å². The monoisotopic (exact) mass is 773 g/mol. The molecule has 18 nitrogen and oxygen atoms in total. The van der Waals surface area contributed by atoms with E-state index in [1.807, 2.05) is 37.3 Å². The van der Waals surface area contributed by atoms with Gasteiger partial charge in [0, 0.05) is 12.2 Å². The van der Waals surface area contributed by atoms with Crippen molar-refractivity contribution in [1.29, 1.82) is 0 Å². The van der Waals surface area contributed by atoms with Crippen LogP contribution in [0.25, 0.3) is 11.2 Å². The Kier molecular flexibility index (Phi) is 11.6. The summed E-state index contributed by atoms with van der Waals surface area (Å²) in [4.78, 5) is 43.6. The summed E-state index contributed by atoms with van der Waals surface area (Å²) < 4.78 is 76.1. The lowest BCUT2D eigenvalue weighted by atomic mass is 10.1. The highest BCUT2D eigenvalue weighted by molar-refractivity contribution is 7.99. The minimum absolute atomic E-state index is 0.166. The third kappa shape index (κ3) is 9.26. The van der Waals surface area contributed by atoms with Crippen LogP contribution in [0.3, 0.4) is 0 Å². The predicted molar refractivity (Wildman–Crippen MR) is 177 cm³/mol. The molecule has 0 bridgehead atoms. The van der Waals surface area contributed by atoms with Crippen molar-refractivity contribution in [3.05, 3.63) is 78.1 Å². The molecule has 6 rings (SSSR count). The van der Waals surface area contributed by atoms with E-state index < -0.39 is 67.5 Å². The first-order valence-electron chi connectivity index (χ1n) is 15.2. The summed E-state index contributed by atoms with van der Waals surface area (Å²) in [5, 5.41) is 0.436. The van der Waals surface area contributed by atoms with Crippen molar-refractivity contribution in [3.63, 3.8) is 0 Å². The SMILES string of the molecule is CCCSc1nc(N)c2ncn(C3OC(COP(=O)(O)OP(=O)(O)OP(=O)(O)OCc4ccccc4)C4OC(Cc5ccccc5)OC43)c2n1. The van der Waals surface area contributed by atoms with E-state index in [4.69, 9.17) is 29.0 Å². The summed E-state index contributed by atoms with van der Waals surface area (Å²) in [5.74, 6) is 0.923. The fraction of sp³-hybridized carbons (Fsp3) is 0.393. The highest BCUT2D eigenvalue weighted by Gasteiger charge is 2.54. The van der Waals surface area contributed by atoms with Gasteiger partial charge in [0.05, 0.1) is 19.5 Å². The van der Waals surface area contributed by atoms with Crippen LogP contribution in [-0.2, 0) is 58.6 Å². The second kappa shape index (κ2) is 15.6. The minimum atomic E-state index is -5.70. The third-order valence-corrected chi connectivity index (χ3v) is 12.6. The van der Waals surface area contributed by atoms with E-state index in [1.54, 1.807) is 34.9 Å². The van der Waals surface area contributed by atoms with Gasteiger partial charge in [-0.05, 0) is 17.5 Å². The van der Waals surface area contributed by atoms with E-state index in [0.29, 0.717) is 28.3 Å². The van der Waals surface area contributed by atoms with Crippen LogP contribution in [0.15, 0.2) is 72.1 Å². The average molecular weight is 774 g/mol. The molecule has 2 fully saturated rings. The zero-order valence-electron chi connectivity index (χ0n) is 26.3. The molecule has 270 valence electrons. The maximum absolute atomic E-state index is 12.8. The number of hydrogen-bond acceptors (Lipinski definition) is 15. The Morgan fingerprint density at radius 2 is 1.50 bits per heavy atom. The average Bonchev–Trinajstić information content (AvgIpc) is 3.76. The molecule has 5 N–H and O–H groups in total. The third-order valence-electron chi connectivity index (χ3n) is 7.34. The van der Waals surface area contributed by atoms with Gasteiger partial charge in [-0.2, -0.15) is 8.62 Å². The van der Waals surface area contributed by atoms with Crippen LogP contribution >= 0.6 is 35.2 Å². The van der Waals surface area contributed by atoms with Gasteiger partial charge in [0.1, 0.15) is 23.8 Å². The van der Waals surface area contributed by atoms with Crippen molar-refractivity contribution < 1.29 is 60.3 Å². The van der Waals surface area contributed by atoms with Gasteiger partial charge in [-0.25, -0.2) is 28.6 Å². The number of ether oxygens (including phenoxy) is 3. The second-order valence-corrected chi connectivity index (χ2v) is 16.8. The Bertz CT molecular complexity index is 1930. The summed E-state index contributed by atoms with van der Waals surface area (Å²) in [5.41, 5.74) is 8.24. The molecule has 4 aromatic rings. The molecular formula is C28H34N5O13P3S. The number of rotatable bonds is 16. The number of aromatic nitrogens is 4. The van der Waals surface area contributed by atoms with Gasteiger partial charge >= 0.3 is 23.5 Å². The molecule has 4 heterocycles. The molecule has 0 aliphatic carbocycles. The smallest absolute Gasteiger partial charge is 0.382 e. The van der Waals surface area contributed by atoms with Crippen molar-refractivity contribution in [2.24, 2.45) is 0 Å². The largest absolute Gasteiger partial charge is 0.490 e. The van der Waals surface area contributed by atoms with Gasteiger partial charge in [0.2, 0.25) is 0 Å². The number of anilines is 1.